The first-order valence-corrected chi connectivity index (χ1v) is 6.66. The third-order valence-corrected chi connectivity index (χ3v) is 3.79. The van der Waals surface area contributed by atoms with Crippen molar-refractivity contribution in [2.45, 2.75) is 19.6 Å². The summed E-state index contributed by atoms with van der Waals surface area (Å²) in [6.07, 6.45) is -2.65. The second kappa shape index (κ2) is 5.47. The Morgan fingerprint density at radius 1 is 1.35 bits per heavy atom. The van der Waals surface area contributed by atoms with Crippen molar-refractivity contribution < 1.29 is 13.2 Å². The summed E-state index contributed by atoms with van der Waals surface area (Å²) in [5, 5.41) is 7.09. The molecule has 1 heterocycles. The van der Waals surface area contributed by atoms with Crippen LogP contribution >= 0.6 is 15.9 Å². The third kappa shape index (κ3) is 3.15. The Balaban J connectivity index is 2.19. The van der Waals surface area contributed by atoms with E-state index in [0.717, 1.165) is 23.4 Å². The summed E-state index contributed by atoms with van der Waals surface area (Å²) in [5.41, 5.74) is 1.64. The SMILES string of the molecule is Cc1c(CNc2cc(C(F)(F)F)ccc2Br)cnn1C. The first kappa shape index (κ1) is 14.9. The minimum absolute atomic E-state index is 0.406. The van der Waals surface area contributed by atoms with E-state index in [1.165, 1.54) is 6.07 Å². The minimum atomic E-state index is -4.35. The number of aromatic nitrogens is 2. The van der Waals surface area contributed by atoms with Gasteiger partial charge in [-0.2, -0.15) is 18.3 Å². The van der Waals surface area contributed by atoms with Crippen LogP contribution in [0.2, 0.25) is 0 Å². The molecule has 108 valence electrons. The highest BCUT2D eigenvalue weighted by Gasteiger charge is 2.30. The molecule has 0 spiro atoms. The van der Waals surface area contributed by atoms with Crippen LogP contribution in [0.5, 0.6) is 0 Å². The maximum atomic E-state index is 12.7. The second-order valence-electron chi connectivity index (χ2n) is 4.42. The molecule has 20 heavy (non-hydrogen) atoms. The standard InChI is InChI=1S/C13H13BrF3N3/c1-8-9(7-19-20(8)2)6-18-12-5-10(13(15,16)17)3-4-11(12)14/h3-5,7,18H,6H2,1-2H3. The van der Waals surface area contributed by atoms with Gasteiger partial charge in [0.2, 0.25) is 0 Å². The van der Waals surface area contributed by atoms with Gasteiger partial charge in [0.05, 0.1) is 11.8 Å². The normalized spacial score (nSPS) is 11.7. The van der Waals surface area contributed by atoms with E-state index in [1.54, 1.807) is 10.9 Å². The average Bonchev–Trinajstić information content (AvgIpc) is 2.68. The van der Waals surface area contributed by atoms with Crippen molar-refractivity contribution in [3.63, 3.8) is 0 Å². The summed E-state index contributed by atoms with van der Waals surface area (Å²) in [7, 11) is 1.82. The summed E-state index contributed by atoms with van der Waals surface area (Å²) >= 11 is 3.24. The first-order chi connectivity index (χ1) is 9.29. The largest absolute Gasteiger partial charge is 0.416 e. The van der Waals surface area contributed by atoms with Gasteiger partial charge in [-0.3, -0.25) is 4.68 Å². The highest BCUT2D eigenvalue weighted by atomic mass is 79.9. The van der Waals surface area contributed by atoms with Crippen LogP contribution in [0.1, 0.15) is 16.8 Å². The zero-order chi connectivity index (χ0) is 14.9. The molecule has 0 saturated heterocycles. The number of nitrogens with zero attached hydrogens (tertiary/aromatic N) is 2. The van der Waals surface area contributed by atoms with Gasteiger partial charge in [0.15, 0.2) is 0 Å². The van der Waals surface area contributed by atoms with E-state index >= 15 is 0 Å². The van der Waals surface area contributed by atoms with Crippen LogP contribution in [-0.2, 0) is 19.8 Å². The summed E-state index contributed by atoms with van der Waals surface area (Å²) in [6.45, 7) is 2.32. The van der Waals surface area contributed by atoms with Gasteiger partial charge in [0.1, 0.15) is 0 Å². The van der Waals surface area contributed by atoms with Gasteiger partial charge in [0, 0.05) is 35.0 Å². The molecule has 0 aliphatic carbocycles. The van der Waals surface area contributed by atoms with Gasteiger partial charge in [-0.15, -0.1) is 0 Å². The summed E-state index contributed by atoms with van der Waals surface area (Å²) in [5.74, 6) is 0. The molecule has 0 unspecified atom stereocenters. The fraction of sp³-hybridized carbons (Fsp3) is 0.308. The number of hydrogen-bond acceptors (Lipinski definition) is 2. The number of rotatable bonds is 3. The van der Waals surface area contributed by atoms with Crippen molar-refractivity contribution in [2.24, 2.45) is 7.05 Å². The highest BCUT2D eigenvalue weighted by Crippen LogP contribution is 2.34. The van der Waals surface area contributed by atoms with Gasteiger partial charge in [0.25, 0.3) is 0 Å². The molecule has 0 saturated carbocycles. The summed E-state index contributed by atoms with van der Waals surface area (Å²) in [6, 6.07) is 3.53. The Morgan fingerprint density at radius 3 is 2.60 bits per heavy atom. The van der Waals surface area contributed by atoms with Crippen molar-refractivity contribution in [3.8, 4) is 0 Å². The monoisotopic (exact) mass is 347 g/mol. The van der Waals surface area contributed by atoms with E-state index in [9.17, 15) is 13.2 Å². The van der Waals surface area contributed by atoms with Gasteiger partial charge >= 0.3 is 6.18 Å². The Bertz CT molecular complexity index is 620. The molecule has 0 amide bonds. The lowest BCUT2D eigenvalue weighted by atomic mass is 10.2. The maximum Gasteiger partial charge on any atom is 0.416 e. The molecule has 1 aromatic heterocycles. The van der Waals surface area contributed by atoms with Crippen LogP contribution < -0.4 is 5.32 Å². The highest BCUT2D eigenvalue weighted by molar-refractivity contribution is 9.10. The van der Waals surface area contributed by atoms with E-state index in [2.05, 4.69) is 26.3 Å². The molecule has 0 atom stereocenters. The van der Waals surface area contributed by atoms with E-state index in [1.807, 2.05) is 14.0 Å². The van der Waals surface area contributed by atoms with E-state index in [4.69, 9.17) is 0 Å². The Labute approximate surface area is 122 Å². The zero-order valence-electron chi connectivity index (χ0n) is 10.9. The molecule has 2 aromatic rings. The Kier molecular flexibility index (Phi) is 4.08. The quantitative estimate of drug-likeness (QED) is 0.904. The fourth-order valence-electron chi connectivity index (χ4n) is 1.75. The molecule has 1 N–H and O–H groups in total. The molecule has 0 radical (unpaired) electrons. The Morgan fingerprint density at radius 2 is 2.05 bits per heavy atom. The van der Waals surface area contributed by atoms with Gasteiger partial charge in [-0.1, -0.05) is 0 Å². The predicted molar refractivity (Wildman–Crippen MR) is 74.4 cm³/mol. The predicted octanol–water partition coefficient (Wildman–Crippen LogP) is 4.12. The number of nitrogens with one attached hydrogen (secondary N) is 1. The average molecular weight is 348 g/mol. The second-order valence-corrected chi connectivity index (χ2v) is 5.28. The fourth-order valence-corrected chi connectivity index (χ4v) is 2.13. The lowest BCUT2D eigenvalue weighted by Crippen LogP contribution is -2.07. The van der Waals surface area contributed by atoms with Crippen molar-refractivity contribution >= 4 is 21.6 Å². The van der Waals surface area contributed by atoms with Crippen molar-refractivity contribution in [2.75, 3.05) is 5.32 Å². The number of anilines is 1. The van der Waals surface area contributed by atoms with Crippen LogP contribution in [-0.4, -0.2) is 9.78 Å². The molecule has 0 aliphatic rings. The van der Waals surface area contributed by atoms with Crippen LogP contribution in [0, 0.1) is 6.92 Å². The molecule has 2 rings (SSSR count). The van der Waals surface area contributed by atoms with E-state index in [-0.39, 0.29) is 0 Å². The Hall–Kier alpha value is -1.50. The molecule has 0 fully saturated rings. The number of aryl methyl sites for hydroxylation is 1. The molecular weight excluding hydrogens is 335 g/mol. The topological polar surface area (TPSA) is 29.9 Å². The van der Waals surface area contributed by atoms with Crippen LogP contribution in [0.25, 0.3) is 0 Å². The van der Waals surface area contributed by atoms with E-state index < -0.39 is 11.7 Å². The van der Waals surface area contributed by atoms with Crippen molar-refractivity contribution in [3.05, 3.63) is 45.7 Å². The van der Waals surface area contributed by atoms with Crippen molar-refractivity contribution in [1.82, 2.24) is 9.78 Å². The third-order valence-electron chi connectivity index (χ3n) is 3.10. The van der Waals surface area contributed by atoms with Gasteiger partial charge in [-0.25, -0.2) is 0 Å². The van der Waals surface area contributed by atoms with Gasteiger partial charge < -0.3 is 5.32 Å². The molecule has 3 nitrogen and oxygen atoms in total. The minimum Gasteiger partial charge on any atom is -0.380 e. The lowest BCUT2D eigenvalue weighted by Gasteiger charge is -2.12. The first-order valence-electron chi connectivity index (χ1n) is 5.87. The molecule has 0 aliphatic heterocycles. The van der Waals surface area contributed by atoms with Crippen molar-refractivity contribution in [1.29, 1.82) is 0 Å². The molecule has 0 bridgehead atoms. The molecule has 7 heteroatoms. The summed E-state index contributed by atoms with van der Waals surface area (Å²) < 4.78 is 40.3. The maximum absolute atomic E-state index is 12.7. The molecule has 1 aromatic carbocycles. The summed E-state index contributed by atoms with van der Waals surface area (Å²) in [4.78, 5) is 0. The van der Waals surface area contributed by atoms with Gasteiger partial charge in [-0.05, 0) is 41.1 Å². The van der Waals surface area contributed by atoms with Crippen LogP contribution in [0.15, 0.2) is 28.9 Å². The van der Waals surface area contributed by atoms with Crippen LogP contribution in [0.4, 0.5) is 18.9 Å². The number of hydrogen-bond donors (Lipinski definition) is 1. The van der Waals surface area contributed by atoms with Crippen LogP contribution in [0.3, 0.4) is 0 Å². The number of alkyl halides is 3. The number of halogens is 4. The smallest absolute Gasteiger partial charge is 0.380 e. The van der Waals surface area contributed by atoms with E-state index in [0.29, 0.717) is 16.7 Å². The molecular formula is C13H13BrF3N3. The number of benzene rings is 1. The lowest BCUT2D eigenvalue weighted by molar-refractivity contribution is -0.137. The zero-order valence-corrected chi connectivity index (χ0v) is 12.5.